The Kier molecular flexibility index (Phi) is 4.10. The number of nitrogens with zero attached hydrogens (tertiary/aromatic N) is 3. The summed E-state index contributed by atoms with van der Waals surface area (Å²) < 4.78 is 0. The Bertz CT molecular complexity index is 1060. The minimum atomic E-state index is -0.831. The number of allylic oxidation sites excluding steroid dienone is 1. The molecule has 2 saturated heterocycles. The minimum Gasteiger partial charge on any atom is -0.292 e. The summed E-state index contributed by atoms with van der Waals surface area (Å²) in [5, 5.41) is 6.47. The summed E-state index contributed by atoms with van der Waals surface area (Å²) in [6, 6.07) is 14.1. The molecule has 2 aromatic rings. The van der Waals surface area contributed by atoms with Gasteiger partial charge in [-0.3, -0.25) is 19.4 Å². The van der Waals surface area contributed by atoms with Crippen molar-refractivity contribution in [1.29, 1.82) is 0 Å². The molecule has 5 rings (SSSR count). The van der Waals surface area contributed by atoms with Gasteiger partial charge in [-0.05, 0) is 30.3 Å². The summed E-state index contributed by atoms with van der Waals surface area (Å²) in [5.41, 5.74) is 0.950. The van der Waals surface area contributed by atoms with Crippen LogP contribution < -0.4 is 4.90 Å². The molecule has 0 spiro atoms. The first-order valence-corrected chi connectivity index (χ1v) is 9.67. The molecule has 3 aliphatic rings. The van der Waals surface area contributed by atoms with Crippen molar-refractivity contribution in [2.24, 2.45) is 16.9 Å². The summed E-state index contributed by atoms with van der Waals surface area (Å²) in [5.74, 6) is -2.37. The number of Topliss-reactive ketones (excluding diaryl/α,β-unsaturated/α-hetero) is 1. The van der Waals surface area contributed by atoms with Crippen LogP contribution in [0.3, 0.4) is 0 Å². The second kappa shape index (κ2) is 6.67. The van der Waals surface area contributed by atoms with Crippen LogP contribution in [0, 0.1) is 11.8 Å². The predicted octanol–water partition coefficient (Wildman–Crippen LogP) is 2.94. The summed E-state index contributed by atoms with van der Waals surface area (Å²) in [4.78, 5) is 41.2. The fourth-order valence-electron chi connectivity index (χ4n) is 4.46. The number of benzene rings is 2. The van der Waals surface area contributed by atoms with Crippen LogP contribution in [0.25, 0.3) is 0 Å². The van der Waals surface area contributed by atoms with Crippen LogP contribution in [0.5, 0.6) is 0 Å². The second-order valence-electron chi connectivity index (χ2n) is 7.24. The van der Waals surface area contributed by atoms with E-state index in [2.05, 4.69) is 5.10 Å². The number of halogens is 1. The van der Waals surface area contributed by atoms with Gasteiger partial charge in [0.1, 0.15) is 6.04 Å². The number of anilines is 1. The van der Waals surface area contributed by atoms with E-state index < -0.39 is 23.9 Å². The first kappa shape index (κ1) is 17.8. The Hall–Kier alpha value is -3.25. The van der Waals surface area contributed by atoms with Gasteiger partial charge in [0.2, 0.25) is 11.8 Å². The molecule has 144 valence electrons. The summed E-state index contributed by atoms with van der Waals surface area (Å²) in [6.45, 7) is 0. The van der Waals surface area contributed by atoms with Crippen LogP contribution in [0.2, 0.25) is 5.02 Å². The van der Waals surface area contributed by atoms with Gasteiger partial charge in [-0.1, -0.05) is 48.0 Å². The highest BCUT2D eigenvalue weighted by Crippen LogP contribution is 2.46. The van der Waals surface area contributed by atoms with Crippen LogP contribution in [0.1, 0.15) is 10.4 Å². The van der Waals surface area contributed by atoms with Gasteiger partial charge in [0, 0.05) is 16.8 Å². The molecule has 4 atom stereocenters. The molecular formula is C22H16ClN3O3. The molecule has 0 aromatic heterocycles. The van der Waals surface area contributed by atoms with E-state index in [1.54, 1.807) is 65.8 Å². The first-order chi connectivity index (χ1) is 14.1. The van der Waals surface area contributed by atoms with Crippen molar-refractivity contribution in [2.45, 2.75) is 12.1 Å². The molecule has 3 aliphatic heterocycles. The molecule has 0 bridgehead atoms. The van der Waals surface area contributed by atoms with E-state index in [9.17, 15) is 14.4 Å². The molecule has 0 aliphatic carbocycles. The Morgan fingerprint density at radius 3 is 2.34 bits per heavy atom. The normalized spacial score (nSPS) is 27.3. The molecule has 29 heavy (non-hydrogen) atoms. The third-order valence-electron chi connectivity index (χ3n) is 5.70. The van der Waals surface area contributed by atoms with Gasteiger partial charge in [0.15, 0.2) is 5.78 Å². The minimum absolute atomic E-state index is 0.213. The number of ketones is 1. The average Bonchev–Trinajstić information content (AvgIpc) is 3.22. The van der Waals surface area contributed by atoms with E-state index in [0.29, 0.717) is 16.3 Å². The zero-order valence-corrected chi connectivity index (χ0v) is 15.9. The van der Waals surface area contributed by atoms with E-state index in [4.69, 9.17) is 11.6 Å². The Morgan fingerprint density at radius 2 is 1.62 bits per heavy atom. The molecule has 2 fully saturated rings. The fourth-order valence-corrected chi connectivity index (χ4v) is 4.58. The summed E-state index contributed by atoms with van der Waals surface area (Å²) in [7, 11) is 0. The van der Waals surface area contributed by atoms with E-state index in [-0.39, 0.29) is 17.6 Å². The highest BCUT2D eigenvalue weighted by atomic mass is 35.5. The zero-order valence-electron chi connectivity index (χ0n) is 15.2. The van der Waals surface area contributed by atoms with Crippen molar-refractivity contribution in [3.05, 3.63) is 77.3 Å². The van der Waals surface area contributed by atoms with Crippen molar-refractivity contribution < 1.29 is 14.4 Å². The van der Waals surface area contributed by atoms with Gasteiger partial charge < -0.3 is 0 Å². The van der Waals surface area contributed by atoms with Crippen LogP contribution in [-0.2, 0) is 9.59 Å². The molecule has 0 radical (unpaired) electrons. The third-order valence-corrected chi connectivity index (χ3v) is 5.95. The highest BCUT2D eigenvalue weighted by Gasteiger charge is 2.64. The number of hydrogen-bond donors (Lipinski definition) is 0. The fraction of sp³-hybridized carbons (Fsp3) is 0.182. The Morgan fingerprint density at radius 1 is 0.931 bits per heavy atom. The lowest BCUT2D eigenvalue weighted by Gasteiger charge is -2.30. The van der Waals surface area contributed by atoms with Gasteiger partial charge in [-0.15, -0.1) is 0 Å². The van der Waals surface area contributed by atoms with Gasteiger partial charge in [-0.2, -0.15) is 5.10 Å². The standard InChI is InChI=1S/C22H16ClN3O3/c23-14-8-10-15(11-9-14)25-21(28)17-16-7-4-12-24-26(16)19(18(17)22(25)29)20(27)13-5-2-1-3-6-13/h1-12,16-19H. The Labute approximate surface area is 172 Å². The lowest BCUT2D eigenvalue weighted by molar-refractivity contribution is -0.123. The smallest absolute Gasteiger partial charge is 0.240 e. The third kappa shape index (κ3) is 2.63. The maximum absolute atomic E-state index is 13.4. The van der Waals surface area contributed by atoms with Crippen LogP contribution in [0.4, 0.5) is 5.69 Å². The SMILES string of the molecule is O=C(c1ccccc1)C1C2C(=O)N(c3ccc(Cl)cc3)C(=O)C2C2C=CC=NN21. The van der Waals surface area contributed by atoms with Crippen molar-refractivity contribution in [3.63, 3.8) is 0 Å². The van der Waals surface area contributed by atoms with E-state index in [0.717, 1.165) is 0 Å². The lowest BCUT2D eigenvalue weighted by atomic mass is 9.86. The molecule has 4 unspecified atom stereocenters. The van der Waals surface area contributed by atoms with E-state index in [1.807, 2.05) is 12.1 Å². The van der Waals surface area contributed by atoms with Crippen LogP contribution in [0.15, 0.2) is 71.9 Å². The maximum Gasteiger partial charge on any atom is 0.240 e. The number of hydrogen-bond acceptors (Lipinski definition) is 5. The Balaban J connectivity index is 1.58. The number of rotatable bonds is 3. The highest BCUT2D eigenvalue weighted by molar-refractivity contribution is 6.31. The number of carbonyl (C=O) groups excluding carboxylic acids is 3. The average molecular weight is 406 g/mol. The summed E-state index contributed by atoms with van der Waals surface area (Å²) >= 11 is 5.95. The summed E-state index contributed by atoms with van der Waals surface area (Å²) in [6.07, 6.45) is 5.16. The van der Waals surface area contributed by atoms with Crippen molar-refractivity contribution in [1.82, 2.24) is 5.01 Å². The monoisotopic (exact) mass is 405 g/mol. The number of hydrazone groups is 1. The van der Waals surface area contributed by atoms with Crippen molar-refractivity contribution >= 4 is 41.1 Å². The molecule has 6 nitrogen and oxygen atoms in total. The van der Waals surface area contributed by atoms with E-state index in [1.165, 1.54) is 4.90 Å². The quantitative estimate of drug-likeness (QED) is 0.581. The lowest BCUT2D eigenvalue weighted by Crippen LogP contribution is -2.46. The largest absolute Gasteiger partial charge is 0.292 e. The number of carbonyl (C=O) groups is 3. The molecule has 2 amide bonds. The van der Waals surface area contributed by atoms with Crippen LogP contribution in [-0.4, -0.2) is 40.9 Å². The zero-order chi connectivity index (χ0) is 20.1. The predicted molar refractivity (Wildman–Crippen MR) is 109 cm³/mol. The van der Waals surface area contributed by atoms with Gasteiger partial charge in [0.05, 0.1) is 23.6 Å². The van der Waals surface area contributed by atoms with Gasteiger partial charge in [-0.25, -0.2) is 4.90 Å². The van der Waals surface area contributed by atoms with E-state index >= 15 is 0 Å². The van der Waals surface area contributed by atoms with Crippen molar-refractivity contribution in [3.8, 4) is 0 Å². The van der Waals surface area contributed by atoms with Gasteiger partial charge >= 0.3 is 0 Å². The molecule has 7 heteroatoms. The molecular weight excluding hydrogens is 390 g/mol. The van der Waals surface area contributed by atoms with Crippen LogP contribution >= 0.6 is 11.6 Å². The second-order valence-corrected chi connectivity index (χ2v) is 7.67. The molecule has 3 heterocycles. The number of imide groups is 1. The van der Waals surface area contributed by atoms with Gasteiger partial charge in [0.25, 0.3) is 0 Å². The number of amides is 2. The first-order valence-electron chi connectivity index (χ1n) is 9.29. The molecule has 0 saturated carbocycles. The molecule has 0 N–H and O–H groups in total. The maximum atomic E-state index is 13.4. The number of fused-ring (bicyclic) bond motifs is 3. The molecule has 2 aromatic carbocycles. The van der Waals surface area contributed by atoms with Crippen molar-refractivity contribution in [2.75, 3.05) is 4.90 Å². The topological polar surface area (TPSA) is 70.0 Å².